The van der Waals surface area contributed by atoms with E-state index in [0.717, 1.165) is 35.5 Å². The first-order valence-corrected chi connectivity index (χ1v) is 10.8. The molecule has 3 nitrogen and oxygen atoms in total. The Kier molecular flexibility index (Phi) is 6.43. The average molecular weight is 415 g/mol. The van der Waals surface area contributed by atoms with Crippen LogP contribution in [-0.2, 0) is 15.6 Å². The minimum absolute atomic E-state index is 0.252. The van der Waals surface area contributed by atoms with Crippen molar-refractivity contribution in [2.24, 2.45) is 0 Å². The molecule has 160 valence electrons. The molecular formula is C28H30O3. The highest BCUT2D eigenvalue weighted by Crippen LogP contribution is 2.41. The van der Waals surface area contributed by atoms with E-state index in [-0.39, 0.29) is 10.8 Å². The summed E-state index contributed by atoms with van der Waals surface area (Å²) in [5.41, 5.74) is 1.81. The molecule has 2 aromatic carbocycles. The van der Waals surface area contributed by atoms with Crippen molar-refractivity contribution in [1.82, 2.24) is 0 Å². The molecule has 0 N–H and O–H groups in total. The molecule has 2 aliphatic carbocycles. The fourth-order valence-electron chi connectivity index (χ4n) is 4.63. The molecule has 0 bridgehead atoms. The van der Waals surface area contributed by atoms with E-state index in [0.29, 0.717) is 13.2 Å². The maximum Gasteiger partial charge on any atom is 0.123 e. The summed E-state index contributed by atoms with van der Waals surface area (Å²) >= 11 is 0. The van der Waals surface area contributed by atoms with Crippen LogP contribution in [0, 0.1) is 0 Å². The third-order valence-electron chi connectivity index (χ3n) is 6.30. The van der Waals surface area contributed by atoms with Crippen LogP contribution in [0.15, 0.2) is 97.1 Å². The minimum atomic E-state index is -0.252. The number of hydrogen-bond donors (Lipinski definition) is 0. The van der Waals surface area contributed by atoms with E-state index in [1.54, 1.807) is 14.2 Å². The molecule has 31 heavy (non-hydrogen) atoms. The van der Waals surface area contributed by atoms with Crippen LogP contribution in [0.25, 0.3) is 0 Å². The maximum absolute atomic E-state index is 6.55. The van der Waals surface area contributed by atoms with Crippen molar-refractivity contribution in [3.8, 4) is 11.5 Å². The van der Waals surface area contributed by atoms with Crippen molar-refractivity contribution >= 4 is 0 Å². The van der Waals surface area contributed by atoms with Crippen LogP contribution < -0.4 is 9.47 Å². The average Bonchev–Trinajstić information content (AvgIpc) is 2.85. The molecule has 2 unspecified atom stereocenters. The Morgan fingerprint density at radius 1 is 0.645 bits per heavy atom. The van der Waals surface area contributed by atoms with Crippen LogP contribution in [0.2, 0.25) is 0 Å². The zero-order valence-electron chi connectivity index (χ0n) is 18.3. The van der Waals surface area contributed by atoms with E-state index < -0.39 is 0 Å². The summed E-state index contributed by atoms with van der Waals surface area (Å²) in [6.07, 6.45) is 19.1. The molecule has 0 aliphatic heterocycles. The number of ether oxygens (including phenoxy) is 3. The number of benzene rings is 2. The lowest BCUT2D eigenvalue weighted by molar-refractivity contribution is 0.0683. The second-order valence-corrected chi connectivity index (χ2v) is 8.19. The lowest BCUT2D eigenvalue weighted by Gasteiger charge is -2.37. The molecule has 0 radical (unpaired) electrons. The number of methoxy groups -OCH3 is 2. The van der Waals surface area contributed by atoms with Gasteiger partial charge in [0, 0.05) is 22.0 Å². The number of rotatable bonds is 8. The SMILES string of the molecule is COc1ccccc1C1(COCC2(c3ccccc3OC)C=CC=CC2)C=CC=CC1. The summed E-state index contributed by atoms with van der Waals surface area (Å²) < 4.78 is 17.9. The van der Waals surface area contributed by atoms with Gasteiger partial charge in [-0.15, -0.1) is 0 Å². The molecule has 4 rings (SSSR count). The van der Waals surface area contributed by atoms with Crippen molar-refractivity contribution in [2.75, 3.05) is 27.4 Å². The topological polar surface area (TPSA) is 27.7 Å². The van der Waals surface area contributed by atoms with Crippen molar-refractivity contribution in [3.05, 3.63) is 108 Å². The van der Waals surface area contributed by atoms with Gasteiger partial charge < -0.3 is 14.2 Å². The van der Waals surface area contributed by atoms with E-state index in [4.69, 9.17) is 14.2 Å². The van der Waals surface area contributed by atoms with Gasteiger partial charge in [-0.3, -0.25) is 0 Å². The van der Waals surface area contributed by atoms with Gasteiger partial charge >= 0.3 is 0 Å². The van der Waals surface area contributed by atoms with Gasteiger partial charge in [-0.05, 0) is 25.0 Å². The van der Waals surface area contributed by atoms with E-state index in [9.17, 15) is 0 Å². The molecular weight excluding hydrogens is 384 g/mol. The standard InChI is InChI=1S/C28H30O3/c1-29-25-15-7-5-13-23(25)27(17-9-3-10-18-27)21-31-22-28(19-11-4-12-20-28)24-14-6-8-16-26(24)30-2/h3-17,19H,18,20-22H2,1-2H3. The summed E-state index contributed by atoms with van der Waals surface area (Å²) in [7, 11) is 3.46. The van der Waals surface area contributed by atoms with Crippen LogP contribution in [0.4, 0.5) is 0 Å². The molecule has 2 aromatic rings. The summed E-state index contributed by atoms with van der Waals surface area (Å²) in [5.74, 6) is 1.79. The zero-order valence-corrected chi connectivity index (χ0v) is 18.3. The molecule has 0 saturated heterocycles. The first-order chi connectivity index (χ1) is 15.2. The van der Waals surface area contributed by atoms with Gasteiger partial charge in [0.25, 0.3) is 0 Å². The highest BCUT2D eigenvalue weighted by atomic mass is 16.5. The molecule has 0 amide bonds. The van der Waals surface area contributed by atoms with Crippen LogP contribution in [0.1, 0.15) is 24.0 Å². The zero-order chi connectivity index (χ0) is 21.6. The Morgan fingerprint density at radius 2 is 1.10 bits per heavy atom. The van der Waals surface area contributed by atoms with Crippen molar-refractivity contribution in [2.45, 2.75) is 23.7 Å². The highest BCUT2D eigenvalue weighted by Gasteiger charge is 2.36. The summed E-state index contributed by atoms with van der Waals surface area (Å²) in [6.45, 7) is 1.14. The molecule has 0 saturated carbocycles. The van der Waals surface area contributed by atoms with Gasteiger partial charge in [-0.25, -0.2) is 0 Å². The monoisotopic (exact) mass is 414 g/mol. The predicted octanol–water partition coefficient (Wildman–Crippen LogP) is 5.93. The largest absolute Gasteiger partial charge is 0.496 e. The smallest absolute Gasteiger partial charge is 0.123 e. The van der Waals surface area contributed by atoms with E-state index in [1.807, 2.05) is 24.3 Å². The minimum Gasteiger partial charge on any atom is -0.496 e. The summed E-state index contributed by atoms with van der Waals surface area (Å²) in [5, 5.41) is 0. The Labute approximate surface area is 185 Å². The van der Waals surface area contributed by atoms with Crippen molar-refractivity contribution in [1.29, 1.82) is 0 Å². The van der Waals surface area contributed by atoms with Gasteiger partial charge in [0.15, 0.2) is 0 Å². The predicted molar refractivity (Wildman–Crippen MR) is 126 cm³/mol. The van der Waals surface area contributed by atoms with Gasteiger partial charge in [0.05, 0.1) is 27.4 Å². The fraction of sp³-hybridized carbons (Fsp3) is 0.286. The lowest BCUT2D eigenvalue weighted by atomic mass is 9.74. The summed E-state index contributed by atoms with van der Waals surface area (Å²) in [4.78, 5) is 0. The fourth-order valence-corrected chi connectivity index (χ4v) is 4.63. The van der Waals surface area contributed by atoms with E-state index >= 15 is 0 Å². The van der Waals surface area contributed by atoms with Crippen LogP contribution in [0.3, 0.4) is 0 Å². The molecule has 3 heteroatoms. The third kappa shape index (κ3) is 4.24. The third-order valence-corrected chi connectivity index (χ3v) is 6.30. The van der Waals surface area contributed by atoms with E-state index in [2.05, 4.69) is 72.9 Å². The molecule has 2 aliphatic rings. The van der Waals surface area contributed by atoms with Crippen LogP contribution in [-0.4, -0.2) is 27.4 Å². The number of hydrogen-bond acceptors (Lipinski definition) is 3. The van der Waals surface area contributed by atoms with Gasteiger partial charge in [-0.2, -0.15) is 0 Å². The second-order valence-electron chi connectivity index (χ2n) is 8.19. The summed E-state index contributed by atoms with van der Waals surface area (Å²) in [6, 6.07) is 16.5. The Hall–Kier alpha value is -3.04. The molecule has 0 heterocycles. The molecule has 0 fully saturated rings. The normalized spacial score (nSPS) is 24.3. The number of para-hydroxylation sites is 2. The van der Waals surface area contributed by atoms with Crippen LogP contribution in [0.5, 0.6) is 11.5 Å². The Bertz CT molecular complexity index is 935. The first-order valence-electron chi connectivity index (χ1n) is 10.8. The quantitative estimate of drug-likeness (QED) is 0.536. The van der Waals surface area contributed by atoms with Gasteiger partial charge in [-0.1, -0.05) is 85.0 Å². The van der Waals surface area contributed by atoms with Crippen molar-refractivity contribution < 1.29 is 14.2 Å². The lowest BCUT2D eigenvalue weighted by Crippen LogP contribution is -2.36. The van der Waals surface area contributed by atoms with Crippen molar-refractivity contribution in [3.63, 3.8) is 0 Å². The Morgan fingerprint density at radius 3 is 1.48 bits per heavy atom. The highest BCUT2D eigenvalue weighted by molar-refractivity contribution is 5.47. The second kappa shape index (κ2) is 9.40. The molecule has 2 atom stereocenters. The van der Waals surface area contributed by atoms with Gasteiger partial charge in [0.2, 0.25) is 0 Å². The van der Waals surface area contributed by atoms with E-state index in [1.165, 1.54) is 0 Å². The first kappa shape index (κ1) is 21.2. The maximum atomic E-state index is 6.55. The number of allylic oxidation sites excluding steroid dienone is 6. The Balaban J connectivity index is 1.61. The molecule has 0 aromatic heterocycles. The van der Waals surface area contributed by atoms with Crippen LogP contribution >= 0.6 is 0 Å². The van der Waals surface area contributed by atoms with Gasteiger partial charge in [0.1, 0.15) is 11.5 Å². The molecule has 0 spiro atoms.